The molecule has 25 heavy (non-hydrogen) atoms. The summed E-state index contributed by atoms with van der Waals surface area (Å²) in [5.74, 6) is -0.132. The monoisotopic (exact) mass is 342 g/mol. The second kappa shape index (κ2) is 8.60. The third kappa shape index (κ3) is 5.27. The molecule has 3 rings (SSSR count). The zero-order chi connectivity index (χ0) is 17.5. The third-order valence-corrected chi connectivity index (χ3v) is 4.13. The summed E-state index contributed by atoms with van der Waals surface area (Å²) in [4.78, 5) is 23.4. The highest BCUT2D eigenvalue weighted by Gasteiger charge is 2.27. The number of rotatable bonds is 6. The summed E-state index contributed by atoms with van der Waals surface area (Å²) in [5.41, 5.74) is 1.03. The van der Waals surface area contributed by atoms with Gasteiger partial charge in [0, 0.05) is 31.1 Å². The first-order valence-corrected chi connectivity index (χ1v) is 8.39. The molecule has 1 aromatic heterocycles. The van der Waals surface area contributed by atoms with Crippen molar-refractivity contribution in [3.8, 4) is 0 Å². The first-order valence-electron chi connectivity index (χ1n) is 8.39. The summed E-state index contributed by atoms with van der Waals surface area (Å²) in [6.07, 6.45) is 3.87. The maximum Gasteiger partial charge on any atom is 0.240 e. The van der Waals surface area contributed by atoms with Crippen molar-refractivity contribution in [3.63, 3.8) is 0 Å². The van der Waals surface area contributed by atoms with Gasteiger partial charge >= 0.3 is 0 Å². The number of aromatic nitrogens is 1. The summed E-state index contributed by atoms with van der Waals surface area (Å²) >= 11 is 0. The molecule has 0 bridgehead atoms. The SMILES string of the molecule is O=C(Cn1ccc(=O)cc1)N[C@@H]1COCC[C@@H]1OCc1ccccc1. The first kappa shape index (κ1) is 17.4. The van der Waals surface area contributed by atoms with E-state index < -0.39 is 0 Å². The zero-order valence-corrected chi connectivity index (χ0v) is 14.0. The van der Waals surface area contributed by atoms with Gasteiger partial charge in [-0.2, -0.15) is 0 Å². The van der Waals surface area contributed by atoms with Crippen LogP contribution in [0.2, 0.25) is 0 Å². The summed E-state index contributed by atoms with van der Waals surface area (Å²) < 4.78 is 13.2. The van der Waals surface area contributed by atoms with Crippen LogP contribution in [0.1, 0.15) is 12.0 Å². The van der Waals surface area contributed by atoms with Crippen molar-refractivity contribution in [1.29, 1.82) is 0 Å². The van der Waals surface area contributed by atoms with Crippen LogP contribution in [0.4, 0.5) is 0 Å². The number of hydrogen-bond donors (Lipinski definition) is 1. The van der Waals surface area contributed by atoms with E-state index in [-0.39, 0.29) is 30.0 Å². The van der Waals surface area contributed by atoms with E-state index in [2.05, 4.69) is 5.32 Å². The number of nitrogens with one attached hydrogen (secondary N) is 1. The number of carbonyl (C=O) groups excluding carboxylic acids is 1. The average Bonchev–Trinajstić information content (AvgIpc) is 2.64. The average molecular weight is 342 g/mol. The normalized spacial score (nSPS) is 20.2. The largest absolute Gasteiger partial charge is 0.379 e. The Hall–Kier alpha value is -2.44. The van der Waals surface area contributed by atoms with Crippen LogP contribution in [0, 0.1) is 0 Å². The number of pyridine rings is 1. The van der Waals surface area contributed by atoms with Crippen molar-refractivity contribution in [1.82, 2.24) is 9.88 Å². The van der Waals surface area contributed by atoms with E-state index in [0.29, 0.717) is 19.8 Å². The fraction of sp³-hybridized carbons (Fsp3) is 0.368. The van der Waals surface area contributed by atoms with E-state index in [1.54, 1.807) is 17.0 Å². The summed E-state index contributed by atoms with van der Waals surface area (Å²) in [5, 5.41) is 2.98. The molecule has 2 aromatic rings. The van der Waals surface area contributed by atoms with Gasteiger partial charge in [0.2, 0.25) is 5.91 Å². The van der Waals surface area contributed by atoms with Crippen LogP contribution in [-0.2, 0) is 27.4 Å². The van der Waals surface area contributed by atoms with Crippen LogP contribution >= 0.6 is 0 Å². The molecule has 1 N–H and O–H groups in total. The molecule has 1 amide bonds. The summed E-state index contributed by atoms with van der Waals surface area (Å²) in [7, 11) is 0. The number of carbonyl (C=O) groups is 1. The molecular formula is C19H22N2O4. The number of benzene rings is 1. The quantitative estimate of drug-likeness (QED) is 0.860. The Morgan fingerprint density at radius 3 is 2.72 bits per heavy atom. The molecule has 6 nitrogen and oxygen atoms in total. The number of nitrogens with zero attached hydrogens (tertiary/aromatic N) is 1. The second-order valence-corrected chi connectivity index (χ2v) is 6.08. The molecule has 0 saturated carbocycles. The van der Waals surface area contributed by atoms with Crippen molar-refractivity contribution in [3.05, 3.63) is 70.6 Å². The topological polar surface area (TPSA) is 69.6 Å². The molecule has 1 saturated heterocycles. The molecule has 2 heterocycles. The van der Waals surface area contributed by atoms with Gasteiger partial charge in [0.05, 0.1) is 25.4 Å². The van der Waals surface area contributed by atoms with Crippen LogP contribution in [0.5, 0.6) is 0 Å². The molecule has 2 atom stereocenters. The predicted molar refractivity (Wildman–Crippen MR) is 93.1 cm³/mol. The van der Waals surface area contributed by atoms with E-state index in [9.17, 15) is 9.59 Å². The van der Waals surface area contributed by atoms with Crippen LogP contribution < -0.4 is 10.7 Å². The lowest BCUT2D eigenvalue weighted by atomic mass is 10.1. The summed E-state index contributed by atoms with van der Waals surface area (Å²) in [6.45, 7) is 1.74. The lowest BCUT2D eigenvalue weighted by molar-refractivity contribution is -0.127. The molecule has 0 aliphatic carbocycles. The molecule has 132 valence electrons. The fourth-order valence-corrected chi connectivity index (χ4v) is 2.80. The standard InChI is InChI=1S/C19H22N2O4/c22-16-6-9-21(10-7-16)12-19(23)20-17-14-24-11-8-18(17)25-13-15-4-2-1-3-5-15/h1-7,9-10,17-18H,8,11-14H2,(H,20,23)/t17-,18+/m1/s1. The molecule has 1 aromatic carbocycles. The van der Waals surface area contributed by atoms with Crippen molar-refractivity contribution in [2.24, 2.45) is 0 Å². The first-order chi connectivity index (χ1) is 12.2. The molecule has 0 radical (unpaired) electrons. The highest BCUT2D eigenvalue weighted by Crippen LogP contribution is 2.14. The van der Waals surface area contributed by atoms with Gasteiger partial charge in [0.1, 0.15) is 6.54 Å². The van der Waals surface area contributed by atoms with E-state index >= 15 is 0 Å². The smallest absolute Gasteiger partial charge is 0.240 e. The zero-order valence-electron chi connectivity index (χ0n) is 14.0. The molecular weight excluding hydrogens is 320 g/mol. The van der Waals surface area contributed by atoms with Gasteiger partial charge < -0.3 is 19.4 Å². The Morgan fingerprint density at radius 1 is 1.20 bits per heavy atom. The van der Waals surface area contributed by atoms with E-state index in [0.717, 1.165) is 12.0 Å². The maximum atomic E-state index is 12.3. The van der Waals surface area contributed by atoms with Crippen LogP contribution in [0.25, 0.3) is 0 Å². The molecule has 6 heteroatoms. The van der Waals surface area contributed by atoms with Crippen LogP contribution in [0.15, 0.2) is 59.7 Å². The van der Waals surface area contributed by atoms with Gasteiger partial charge in [0.25, 0.3) is 0 Å². The number of ether oxygens (including phenoxy) is 2. The molecule has 0 spiro atoms. The van der Waals surface area contributed by atoms with Gasteiger partial charge in [-0.15, -0.1) is 0 Å². The van der Waals surface area contributed by atoms with Crippen molar-refractivity contribution in [2.75, 3.05) is 13.2 Å². The Balaban J connectivity index is 1.54. The summed E-state index contributed by atoms with van der Waals surface area (Å²) in [6, 6.07) is 12.7. The van der Waals surface area contributed by atoms with E-state index in [1.165, 1.54) is 12.1 Å². The maximum absolute atomic E-state index is 12.3. The Labute approximate surface area is 146 Å². The second-order valence-electron chi connectivity index (χ2n) is 6.08. The minimum absolute atomic E-state index is 0.0769. The molecule has 1 aliphatic rings. The number of amides is 1. The fourth-order valence-electron chi connectivity index (χ4n) is 2.80. The Morgan fingerprint density at radius 2 is 1.96 bits per heavy atom. The molecule has 0 unspecified atom stereocenters. The van der Waals surface area contributed by atoms with Crippen molar-refractivity contribution < 1.29 is 14.3 Å². The van der Waals surface area contributed by atoms with Crippen LogP contribution in [0.3, 0.4) is 0 Å². The minimum atomic E-state index is -0.177. The lowest BCUT2D eigenvalue weighted by Gasteiger charge is -2.32. The number of hydrogen-bond acceptors (Lipinski definition) is 4. The lowest BCUT2D eigenvalue weighted by Crippen LogP contribution is -2.51. The van der Waals surface area contributed by atoms with E-state index in [4.69, 9.17) is 9.47 Å². The van der Waals surface area contributed by atoms with Gasteiger partial charge in [-0.05, 0) is 12.0 Å². The van der Waals surface area contributed by atoms with Gasteiger partial charge in [-0.1, -0.05) is 30.3 Å². The third-order valence-electron chi connectivity index (χ3n) is 4.13. The van der Waals surface area contributed by atoms with E-state index in [1.807, 2.05) is 30.3 Å². The Kier molecular flexibility index (Phi) is 5.98. The highest BCUT2D eigenvalue weighted by atomic mass is 16.5. The minimum Gasteiger partial charge on any atom is -0.379 e. The van der Waals surface area contributed by atoms with Gasteiger partial charge in [-0.25, -0.2) is 0 Å². The highest BCUT2D eigenvalue weighted by molar-refractivity contribution is 5.76. The predicted octanol–water partition coefficient (Wildman–Crippen LogP) is 1.34. The molecule has 1 fully saturated rings. The van der Waals surface area contributed by atoms with Gasteiger partial charge in [-0.3, -0.25) is 9.59 Å². The van der Waals surface area contributed by atoms with Crippen molar-refractivity contribution >= 4 is 5.91 Å². The molecule has 1 aliphatic heterocycles. The van der Waals surface area contributed by atoms with Crippen LogP contribution in [-0.4, -0.2) is 35.8 Å². The van der Waals surface area contributed by atoms with Gasteiger partial charge in [0.15, 0.2) is 5.43 Å². The van der Waals surface area contributed by atoms with Crippen molar-refractivity contribution in [2.45, 2.75) is 31.7 Å². The Bertz CT molecular complexity index is 724.